The molecular formula is C60H94N16O15. The number of carboxylic acid groups (broad SMARTS) is 1. The highest BCUT2D eigenvalue weighted by molar-refractivity contribution is 6.00. The zero-order valence-electron chi connectivity index (χ0n) is 52.8. The molecule has 0 radical (unpaired) electrons. The van der Waals surface area contributed by atoms with Gasteiger partial charge in [0.25, 0.3) is 0 Å². The molecule has 0 bridgehead atoms. The van der Waals surface area contributed by atoms with Crippen molar-refractivity contribution in [2.75, 3.05) is 52.4 Å². The Bertz CT molecular complexity index is 2800. The lowest BCUT2D eigenvalue weighted by Gasteiger charge is -2.35. The number of aliphatic imine (C=N–C) groups is 1. The Balaban J connectivity index is 0.994. The van der Waals surface area contributed by atoms with Gasteiger partial charge < -0.3 is 83.6 Å². The summed E-state index contributed by atoms with van der Waals surface area (Å²) < 4.78 is 0. The number of likely N-dealkylation sites (tertiary alicyclic amines) is 6. The monoisotopic (exact) mass is 1280 g/mol. The molecule has 0 unspecified atom stereocenters. The number of hydrogen-bond acceptors (Lipinski definition) is 15. The summed E-state index contributed by atoms with van der Waals surface area (Å²) in [7, 11) is 0. The predicted molar refractivity (Wildman–Crippen MR) is 325 cm³/mol. The molecule has 504 valence electrons. The maximum absolute atomic E-state index is 14.8. The molecule has 7 saturated heterocycles. The molecule has 7 aliphatic heterocycles. The molecule has 0 aliphatic carbocycles. The SMILES string of the molecule is CC[C@H](C)[C@H](NC(=O)[C@H](CCC(N)=O)NC(=O)[C@@H]1CCCN1C(=O)[C@H](CCCN=C(N)N)NC(=O)[C@@H]1CCCN1C(=O)[C@@H]1CCCN1C(=O)[C@@H]1CCCN1C(=O)CNC(=O)[C@H](CC(C)C)NC(=O)[C@@H]1CCC(=O)N1)C(=O)N1CCC[C@H]1C(=O)N1CCC[C@H]1C(=O)O. The molecule has 7 aliphatic rings. The first-order chi connectivity index (χ1) is 43.3. The van der Waals surface area contributed by atoms with E-state index >= 15 is 0 Å². The number of hydrogen-bond donors (Lipinski definition) is 10. The predicted octanol–water partition coefficient (Wildman–Crippen LogP) is -3.24. The van der Waals surface area contributed by atoms with E-state index in [-0.39, 0.29) is 128 Å². The van der Waals surface area contributed by atoms with Crippen LogP contribution >= 0.6 is 0 Å². The molecule has 7 fully saturated rings. The highest BCUT2D eigenvalue weighted by atomic mass is 16.4. The number of guanidine groups is 1. The summed E-state index contributed by atoms with van der Waals surface area (Å²) in [6.07, 6.45) is 4.88. The van der Waals surface area contributed by atoms with E-state index < -0.39 is 156 Å². The largest absolute Gasteiger partial charge is 0.480 e. The highest BCUT2D eigenvalue weighted by Crippen LogP contribution is 2.31. The molecule has 13 N–H and O–H groups in total. The molecule has 0 aromatic carbocycles. The smallest absolute Gasteiger partial charge is 0.326 e. The van der Waals surface area contributed by atoms with E-state index in [2.05, 4.69) is 36.9 Å². The van der Waals surface area contributed by atoms with Gasteiger partial charge in [0.1, 0.15) is 66.5 Å². The lowest BCUT2D eigenvalue weighted by molar-refractivity contribution is -0.152. The van der Waals surface area contributed by atoms with Crippen molar-refractivity contribution in [1.29, 1.82) is 0 Å². The number of carbonyl (C=O) groups excluding carboxylic acids is 13. The molecule has 0 spiro atoms. The second kappa shape index (κ2) is 32.2. The van der Waals surface area contributed by atoms with Crippen LogP contribution in [0.2, 0.25) is 0 Å². The van der Waals surface area contributed by atoms with Gasteiger partial charge in [0.05, 0.1) is 6.54 Å². The number of nitrogens with zero attached hydrogens (tertiary/aromatic N) is 7. The Kier molecular flexibility index (Phi) is 24.9. The molecule has 0 aromatic heterocycles. The van der Waals surface area contributed by atoms with E-state index in [1.54, 1.807) is 13.8 Å². The molecule has 12 atom stereocenters. The van der Waals surface area contributed by atoms with Gasteiger partial charge in [-0.25, -0.2) is 4.79 Å². The van der Waals surface area contributed by atoms with E-state index in [9.17, 15) is 72.2 Å². The Labute approximate surface area is 529 Å². The summed E-state index contributed by atoms with van der Waals surface area (Å²) in [5.74, 6) is -9.39. The molecule has 0 saturated carbocycles. The maximum Gasteiger partial charge on any atom is 0.326 e. The molecular weight excluding hydrogens is 1180 g/mol. The fourth-order valence-electron chi connectivity index (χ4n) is 13.7. The van der Waals surface area contributed by atoms with E-state index in [1.165, 1.54) is 29.4 Å². The molecule has 13 amide bonds. The second-order valence-electron chi connectivity index (χ2n) is 25.5. The lowest BCUT2D eigenvalue weighted by atomic mass is 9.96. The molecule has 31 heteroatoms. The lowest BCUT2D eigenvalue weighted by Crippen LogP contribution is -2.60. The van der Waals surface area contributed by atoms with E-state index in [0.29, 0.717) is 64.2 Å². The van der Waals surface area contributed by atoms with Crippen LogP contribution in [0.5, 0.6) is 0 Å². The quantitative estimate of drug-likeness (QED) is 0.0209. The summed E-state index contributed by atoms with van der Waals surface area (Å²) in [5, 5.41) is 26.0. The number of primary amides is 1. The van der Waals surface area contributed by atoms with Crippen molar-refractivity contribution in [2.45, 2.75) is 223 Å². The fraction of sp³-hybridized carbons (Fsp3) is 0.750. The van der Waals surface area contributed by atoms with Crippen molar-refractivity contribution in [3.8, 4) is 0 Å². The maximum atomic E-state index is 14.8. The number of rotatable bonds is 28. The third-order valence-electron chi connectivity index (χ3n) is 18.7. The van der Waals surface area contributed by atoms with Gasteiger partial charge in [0, 0.05) is 58.7 Å². The summed E-state index contributed by atoms with van der Waals surface area (Å²) in [6, 6.07) is -11.8. The summed E-state index contributed by atoms with van der Waals surface area (Å²) >= 11 is 0. The van der Waals surface area contributed by atoms with Gasteiger partial charge in [-0.2, -0.15) is 0 Å². The Morgan fingerprint density at radius 3 is 1.56 bits per heavy atom. The molecule has 31 nitrogen and oxygen atoms in total. The second-order valence-corrected chi connectivity index (χ2v) is 25.5. The third kappa shape index (κ3) is 17.7. The van der Waals surface area contributed by atoms with E-state index in [4.69, 9.17) is 17.2 Å². The van der Waals surface area contributed by atoms with Crippen LogP contribution in [0.15, 0.2) is 4.99 Å². The van der Waals surface area contributed by atoms with Crippen LogP contribution in [0.4, 0.5) is 0 Å². The van der Waals surface area contributed by atoms with Gasteiger partial charge in [0.2, 0.25) is 76.8 Å². The first kappa shape index (κ1) is 70.3. The molecule has 7 heterocycles. The molecule has 7 rings (SSSR count). The minimum Gasteiger partial charge on any atom is -0.480 e. The average Bonchev–Trinajstić information content (AvgIpc) is 1.77. The molecule has 0 aromatic rings. The number of aliphatic carboxylic acids is 1. The topological polar surface area (TPSA) is 441 Å². The van der Waals surface area contributed by atoms with E-state index in [0.717, 1.165) is 0 Å². The summed E-state index contributed by atoms with van der Waals surface area (Å²) in [6.45, 7) is 7.97. The van der Waals surface area contributed by atoms with Crippen molar-refractivity contribution >= 4 is 88.7 Å². The van der Waals surface area contributed by atoms with Crippen LogP contribution in [0.1, 0.15) is 156 Å². The number of amides is 13. The van der Waals surface area contributed by atoms with Crippen molar-refractivity contribution in [3.63, 3.8) is 0 Å². The van der Waals surface area contributed by atoms with Crippen molar-refractivity contribution in [1.82, 2.24) is 61.3 Å². The van der Waals surface area contributed by atoms with Gasteiger partial charge >= 0.3 is 5.97 Å². The zero-order chi connectivity index (χ0) is 66.4. The van der Waals surface area contributed by atoms with E-state index in [1.807, 2.05) is 13.8 Å². The van der Waals surface area contributed by atoms with Crippen LogP contribution in [0.3, 0.4) is 0 Å². The van der Waals surface area contributed by atoms with Crippen LogP contribution in [-0.2, 0) is 67.1 Å². The van der Waals surface area contributed by atoms with Crippen molar-refractivity contribution in [2.24, 2.45) is 34.0 Å². The zero-order valence-corrected chi connectivity index (χ0v) is 52.8. The van der Waals surface area contributed by atoms with Gasteiger partial charge in [-0.05, 0) is 121 Å². The van der Waals surface area contributed by atoms with Crippen LogP contribution in [0, 0.1) is 11.8 Å². The summed E-state index contributed by atoms with van der Waals surface area (Å²) in [5.41, 5.74) is 16.7. The summed E-state index contributed by atoms with van der Waals surface area (Å²) in [4.78, 5) is 204. The first-order valence-electron chi connectivity index (χ1n) is 32.5. The minimum absolute atomic E-state index is 0.00916. The van der Waals surface area contributed by atoms with Gasteiger partial charge in [0.15, 0.2) is 5.96 Å². The van der Waals surface area contributed by atoms with Crippen molar-refractivity contribution < 1.29 is 72.2 Å². The number of carboxylic acids is 1. The van der Waals surface area contributed by atoms with Gasteiger partial charge in [-0.15, -0.1) is 0 Å². The van der Waals surface area contributed by atoms with Gasteiger partial charge in [-0.1, -0.05) is 34.1 Å². The number of nitrogens with one attached hydrogen (secondary N) is 6. The number of carbonyl (C=O) groups is 14. The van der Waals surface area contributed by atoms with Crippen LogP contribution in [-0.4, -0.2) is 242 Å². The molecule has 91 heavy (non-hydrogen) atoms. The Hall–Kier alpha value is -8.15. The minimum atomic E-state index is -1.44. The standard InChI is InChI=1S/C60H94N16O15/c1-5-34(4)48(58(89)75-29-11-18-43(75)57(88)76-30-12-19-44(76)59(90)91)70-51(82)36(20-22-45(61)77)67-52(83)39-14-7-26-72(39)54(85)37(13-6-24-64-60(62)63)68-53(84)40-15-8-27-73(40)56(87)42-17-10-28-74(42)55(86)41-16-9-25-71(41)47(79)32-65-49(80)38(31-33(2)3)69-50(81)35-21-23-46(78)66-35/h33-44,48H,5-32H2,1-4H3,(H2,61,77)(H,65,80)(H,66,78)(H,67,83)(H,68,84)(H,69,81)(H,70,82)(H,90,91)(H4,62,63,64)/t34-,35-,36-,37-,38-,39-,40-,41-,42-,43-,44-,48-/m0/s1. The number of nitrogens with two attached hydrogens (primary N) is 3. The Morgan fingerprint density at radius 1 is 0.560 bits per heavy atom. The third-order valence-corrected chi connectivity index (χ3v) is 18.7. The average molecular weight is 1280 g/mol. The highest BCUT2D eigenvalue weighted by Gasteiger charge is 2.49. The Morgan fingerprint density at radius 2 is 1.03 bits per heavy atom. The normalized spacial score (nSPS) is 24.7. The van der Waals surface area contributed by atoms with Crippen molar-refractivity contribution in [3.05, 3.63) is 0 Å². The fourth-order valence-corrected chi connectivity index (χ4v) is 13.7. The first-order valence-corrected chi connectivity index (χ1v) is 32.5. The van der Waals surface area contributed by atoms with Crippen LogP contribution in [0.25, 0.3) is 0 Å². The van der Waals surface area contributed by atoms with Gasteiger partial charge in [-0.3, -0.25) is 67.3 Å². The van der Waals surface area contributed by atoms with Crippen LogP contribution < -0.4 is 49.1 Å².